The van der Waals surface area contributed by atoms with Gasteiger partial charge in [-0.25, -0.2) is 0 Å². The summed E-state index contributed by atoms with van der Waals surface area (Å²) in [5, 5.41) is 3.52. The fraction of sp³-hybridized carbons (Fsp3) is 0.385. The van der Waals surface area contributed by atoms with Crippen LogP contribution in [-0.4, -0.2) is 6.54 Å². The van der Waals surface area contributed by atoms with Crippen molar-refractivity contribution in [1.82, 2.24) is 5.32 Å². The van der Waals surface area contributed by atoms with Crippen LogP contribution in [0, 0.1) is 0 Å². The predicted molar refractivity (Wildman–Crippen MR) is 58.8 cm³/mol. The summed E-state index contributed by atoms with van der Waals surface area (Å²) in [6.07, 6.45) is 13.9. The maximum atomic E-state index is 3.52. The molecule has 0 radical (unpaired) electrons. The molecule has 0 aromatic heterocycles. The average Bonchev–Trinajstić information content (AvgIpc) is 2.29. The normalized spacial score (nSPS) is 24.6. The van der Waals surface area contributed by atoms with E-state index in [-0.39, 0.29) is 0 Å². The molecule has 0 fully saturated rings. The highest BCUT2D eigenvalue weighted by molar-refractivity contribution is 5.50. The predicted octanol–water partition coefficient (Wildman–Crippen LogP) is 2.84. The Kier molecular flexibility index (Phi) is 1.83. The molecule has 3 rings (SSSR count). The molecule has 1 N–H and O–H groups in total. The van der Waals surface area contributed by atoms with Crippen molar-refractivity contribution in [2.24, 2.45) is 0 Å². The maximum Gasteiger partial charge on any atom is 0.0375 e. The standard InChI is InChI=1S/C13H15N/c1-2-6-11-10(5-1)9-14-13-8-4-3-7-12(11)13/h1-2,4,8,14H,3,5-7,9H2. The molecule has 0 atom stereocenters. The number of rotatable bonds is 0. The van der Waals surface area contributed by atoms with Gasteiger partial charge in [0, 0.05) is 12.2 Å². The van der Waals surface area contributed by atoms with Crippen LogP contribution in [0.5, 0.6) is 0 Å². The number of nitrogens with one attached hydrogen (secondary N) is 1. The highest BCUT2D eigenvalue weighted by atomic mass is 14.9. The van der Waals surface area contributed by atoms with Crippen molar-refractivity contribution in [3.05, 3.63) is 46.7 Å². The van der Waals surface area contributed by atoms with E-state index in [0.29, 0.717) is 0 Å². The molecule has 14 heavy (non-hydrogen) atoms. The summed E-state index contributed by atoms with van der Waals surface area (Å²) in [5.41, 5.74) is 6.20. The number of allylic oxidation sites excluding steroid dienone is 6. The Morgan fingerprint density at radius 3 is 2.93 bits per heavy atom. The highest BCUT2D eigenvalue weighted by Gasteiger charge is 2.21. The van der Waals surface area contributed by atoms with E-state index in [2.05, 4.69) is 29.6 Å². The molecule has 1 heteroatoms. The molecule has 1 heterocycles. The highest BCUT2D eigenvalue weighted by Crippen LogP contribution is 2.34. The van der Waals surface area contributed by atoms with Gasteiger partial charge in [-0.3, -0.25) is 0 Å². The van der Waals surface area contributed by atoms with Crippen molar-refractivity contribution in [2.45, 2.75) is 25.7 Å². The topological polar surface area (TPSA) is 12.0 Å². The summed E-state index contributed by atoms with van der Waals surface area (Å²) in [6, 6.07) is 0. The first-order valence-electron chi connectivity index (χ1n) is 5.45. The van der Waals surface area contributed by atoms with Crippen LogP contribution in [0.15, 0.2) is 46.7 Å². The van der Waals surface area contributed by atoms with Gasteiger partial charge in [-0.05, 0) is 48.5 Å². The lowest BCUT2D eigenvalue weighted by Crippen LogP contribution is -2.25. The minimum absolute atomic E-state index is 1.06. The second kappa shape index (κ2) is 3.16. The van der Waals surface area contributed by atoms with E-state index in [9.17, 15) is 0 Å². The SMILES string of the molecule is C1=CC2=C(CC1)C1=C(CC=CC1)CN2. The van der Waals surface area contributed by atoms with E-state index in [1.165, 1.54) is 18.5 Å². The molecule has 0 spiro atoms. The molecule has 0 saturated carbocycles. The van der Waals surface area contributed by atoms with E-state index in [0.717, 1.165) is 19.4 Å². The third-order valence-corrected chi connectivity index (χ3v) is 3.31. The largest absolute Gasteiger partial charge is 0.381 e. The summed E-state index contributed by atoms with van der Waals surface area (Å²) in [6.45, 7) is 1.06. The first-order chi connectivity index (χ1) is 6.95. The van der Waals surface area contributed by atoms with Crippen LogP contribution in [0.3, 0.4) is 0 Å². The van der Waals surface area contributed by atoms with Crippen LogP contribution in [-0.2, 0) is 0 Å². The van der Waals surface area contributed by atoms with Gasteiger partial charge < -0.3 is 5.32 Å². The van der Waals surface area contributed by atoms with Gasteiger partial charge in [0.15, 0.2) is 0 Å². The molecule has 0 aromatic rings. The molecule has 3 aliphatic rings. The Hall–Kier alpha value is -1.24. The average molecular weight is 185 g/mol. The summed E-state index contributed by atoms with van der Waals surface area (Å²) < 4.78 is 0. The van der Waals surface area contributed by atoms with Gasteiger partial charge in [-0.2, -0.15) is 0 Å². The van der Waals surface area contributed by atoms with Gasteiger partial charge in [0.1, 0.15) is 0 Å². The minimum atomic E-state index is 1.06. The Morgan fingerprint density at radius 1 is 1.00 bits per heavy atom. The van der Waals surface area contributed by atoms with Crippen molar-refractivity contribution in [1.29, 1.82) is 0 Å². The van der Waals surface area contributed by atoms with Crippen molar-refractivity contribution in [2.75, 3.05) is 6.54 Å². The summed E-state index contributed by atoms with van der Waals surface area (Å²) in [7, 11) is 0. The molecule has 2 aliphatic carbocycles. The third kappa shape index (κ3) is 1.16. The zero-order valence-corrected chi connectivity index (χ0v) is 8.34. The molecule has 0 amide bonds. The lowest BCUT2D eigenvalue weighted by atomic mass is 9.84. The van der Waals surface area contributed by atoms with E-state index < -0.39 is 0 Å². The first-order valence-corrected chi connectivity index (χ1v) is 5.45. The molecule has 0 bridgehead atoms. The zero-order valence-electron chi connectivity index (χ0n) is 8.34. The molecule has 0 saturated heterocycles. The van der Waals surface area contributed by atoms with Crippen molar-refractivity contribution in [3.8, 4) is 0 Å². The van der Waals surface area contributed by atoms with Gasteiger partial charge in [0.2, 0.25) is 0 Å². The Morgan fingerprint density at radius 2 is 1.93 bits per heavy atom. The second-order valence-corrected chi connectivity index (χ2v) is 4.15. The van der Waals surface area contributed by atoms with Crippen LogP contribution in [0.2, 0.25) is 0 Å². The van der Waals surface area contributed by atoms with Crippen LogP contribution in [0.1, 0.15) is 25.7 Å². The van der Waals surface area contributed by atoms with E-state index >= 15 is 0 Å². The number of hydrogen-bond donors (Lipinski definition) is 1. The summed E-state index contributed by atoms with van der Waals surface area (Å²) in [4.78, 5) is 0. The van der Waals surface area contributed by atoms with Crippen LogP contribution < -0.4 is 5.32 Å². The molecular weight excluding hydrogens is 170 g/mol. The molecule has 0 aromatic carbocycles. The zero-order chi connectivity index (χ0) is 9.38. The Labute approximate surface area is 84.9 Å². The summed E-state index contributed by atoms with van der Waals surface area (Å²) >= 11 is 0. The Balaban J connectivity index is 2.04. The van der Waals surface area contributed by atoms with Crippen LogP contribution in [0.4, 0.5) is 0 Å². The number of hydrogen-bond acceptors (Lipinski definition) is 1. The van der Waals surface area contributed by atoms with E-state index in [1.807, 2.05) is 0 Å². The van der Waals surface area contributed by atoms with Gasteiger partial charge in [-0.15, -0.1) is 0 Å². The van der Waals surface area contributed by atoms with E-state index in [4.69, 9.17) is 0 Å². The van der Waals surface area contributed by atoms with Crippen molar-refractivity contribution in [3.63, 3.8) is 0 Å². The first kappa shape index (κ1) is 8.10. The smallest absolute Gasteiger partial charge is 0.0375 e. The minimum Gasteiger partial charge on any atom is -0.381 e. The Bertz CT molecular complexity index is 380. The van der Waals surface area contributed by atoms with E-state index in [1.54, 1.807) is 16.7 Å². The van der Waals surface area contributed by atoms with Crippen LogP contribution >= 0.6 is 0 Å². The fourth-order valence-electron chi connectivity index (χ4n) is 2.55. The lowest BCUT2D eigenvalue weighted by molar-refractivity contribution is 0.764. The molecular formula is C13H15N. The number of dihydropyridines is 1. The molecule has 1 nitrogen and oxygen atoms in total. The lowest BCUT2D eigenvalue weighted by Gasteiger charge is -2.29. The molecule has 72 valence electrons. The summed E-state index contributed by atoms with van der Waals surface area (Å²) in [5.74, 6) is 0. The number of fused-ring (bicyclic) bond motifs is 1. The third-order valence-electron chi connectivity index (χ3n) is 3.31. The molecule has 1 aliphatic heterocycles. The van der Waals surface area contributed by atoms with Gasteiger partial charge in [0.25, 0.3) is 0 Å². The fourth-order valence-corrected chi connectivity index (χ4v) is 2.55. The quantitative estimate of drug-likeness (QED) is 0.572. The van der Waals surface area contributed by atoms with Crippen molar-refractivity contribution < 1.29 is 0 Å². The molecule has 0 unspecified atom stereocenters. The van der Waals surface area contributed by atoms with Gasteiger partial charge in [-0.1, -0.05) is 18.2 Å². The monoisotopic (exact) mass is 185 g/mol. The maximum absolute atomic E-state index is 3.52. The van der Waals surface area contributed by atoms with Gasteiger partial charge in [0.05, 0.1) is 0 Å². The van der Waals surface area contributed by atoms with Crippen molar-refractivity contribution >= 4 is 0 Å². The second-order valence-electron chi connectivity index (χ2n) is 4.15. The van der Waals surface area contributed by atoms with Crippen LogP contribution in [0.25, 0.3) is 0 Å². The van der Waals surface area contributed by atoms with Gasteiger partial charge >= 0.3 is 0 Å².